The third-order valence-corrected chi connectivity index (χ3v) is 4.58. The second-order valence-corrected chi connectivity index (χ2v) is 6.62. The van der Waals surface area contributed by atoms with Crippen molar-refractivity contribution < 1.29 is 14.2 Å². The molecule has 0 radical (unpaired) electrons. The number of ether oxygens (including phenoxy) is 3. The summed E-state index contributed by atoms with van der Waals surface area (Å²) in [6, 6.07) is 0. The van der Waals surface area contributed by atoms with Gasteiger partial charge in [0.1, 0.15) is 0 Å². The first-order valence-corrected chi connectivity index (χ1v) is 9.64. The van der Waals surface area contributed by atoms with Crippen molar-refractivity contribution in [1.29, 1.82) is 0 Å². The van der Waals surface area contributed by atoms with Gasteiger partial charge in [0.25, 0.3) is 0 Å². The Hall–Kier alpha value is -0.120. The van der Waals surface area contributed by atoms with E-state index in [9.17, 15) is 0 Å². The minimum absolute atomic E-state index is 0. The number of hydrogen-bond donors (Lipinski definition) is 2. The average molecular weight is 469 g/mol. The molecule has 25 heavy (non-hydrogen) atoms. The monoisotopic (exact) mass is 469 g/mol. The van der Waals surface area contributed by atoms with Crippen LogP contribution in [0.15, 0.2) is 4.99 Å². The maximum Gasteiger partial charge on any atom is 0.190 e. The molecule has 1 saturated heterocycles. The van der Waals surface area contributed by atoms with Gasteiger partial charge in [-0.25, -0.2) is 0 Å². The largest absolute Gasteiger partial charge is 0.379 e. The normalized spacial score (nSPS) is 21.3. The second kappa shape index (κ2) is 15.0. The highest BCUT2D eigenvalue weighted by Crippen LogP contribution is 2.20. The van der Waals surface area contributed by atoms with E-state index in [4.69, 9.17) is 14.2 Å². The van der Waals surface area contributed by atoms with Crippen LogP contribution in [0.1, 0.15) is 51.4 Å². The third-order valence-electron chi connectivity index (χ3n) is 4.58. The van der Waals surface area contributed by atoms with Crippen molar-refractivity contribution in [2.75, 3.05) is 46.6 Å². The minimum Gasteiger partial charge on any atom is -0.379 e. The fourth-order valence-electron chi connectivity index (χ4n) is 3.18. The van der Waals surface area contributed by atoms with Crippen LogP contribution in [0.4, 0.5) is 0 Å². The van der Waals surface area contributed by atoms with Crippen LogP contribution in [0.25, 0.3) is 0 Å². The van der Waals surface area contributed by atoms with E-state index in [2.05, 4.69) is 15.6 Å². The summed E-state index contributed by atoms with van der Waals surface area (Å²) in [6.07, 6.45) is 10.3. The molecule has 2 rings (SSSR count). The molecule has 1 aliphatic carbocycles. The molecule has 0 aromatic rings. The van der Waals surface area contributed by atoms with Gasteiger partial charge in [-0.15, -0.1) is 24.0 Å². The molecule has 0 bridgehead atoms. The van der Waals surface area contributed by atoms with Gasteiger partial charge >= 0.3 is 0 Å². The predicted molar refractivity (Wildman–Crippen MR) is 112 cm³/mol. The summed E-state index contributed by atoms with van der Waals surface area (Å²) in [7, 11) is 1.80. The van der Waals surface area contributed by atoms with Crippen LogP contribution in [0.5, 0.6) is 0 Å². The molecule has 0 amide bonds. The van der Waals surface area contributed by atoms with Gasteiger partial charge in [-0.3, -0.25) is 4.99 Å². The van der Waals surface area contributed by atoms with Gasteiger partial charge in [0.05, 0.1) is 18.8 Å². The zero-order valence-electron chi connectivity index (χ0n) is 15.6. The molecule has 2 aliphatic rings. The Kier molecular flexibility index (Phi) is 13.7. The fourth-order valence-corrected chi connectivity index (χ4v) is 3.18. The fraction of sp³-hybridized carbons (Fsp3) is 0.944. The van der Waals surface area contributed by atoms with E-state index < -0.39 is 0 Å². The Morgan fingerprint density at radius 2 is 1.76 bits per heavy atom. The van der Waals surface area contributed by atoms with Crippen molar-refractivity contribution in [3.05, 3.63) is 0 Å². The summed E-state index contributed by atoms with van der Waals surface area (Å²) in [5.41, 5.74) is 0. The standard InChI is InChI=1S/C18H35N3O3.HI/c1-19-18(21-11-6-14-23-16-7-2-3-8-16)20-10-5-12-22-15-17-9-4-13-24-17;/h16-17H,2-15H2,1H3,(H2,19,20,21);1H. The Morgan fingerprint density at radius 3 is 2.40 bits per heavy atom. The van der Waals surface area contributed by atoms with Crippen LogP contribution in [0.3, 0.4) is 0 Å². The number of nitrogens with zero attached hydrogens (tertiary/aromatic N) is 1. The lowest BCUT2D eigenvalue weighted by Gasteiger charge is -2.14. The summed E-state index contributed by atoms with van der Waals surface area (Å²) >= 11 is 0. The summed E-state index contributed by atoms with van der Waals surface area (Å²) in [5, 5.41) is 6.65. The first kappa shape index (κ1) is 22.9. The summed E-state index contributed by atoms with van der Waals surface area (Å²) in [6.45, 7) is 4.98. The molecule has 1 heterocycles. The third kappa shape index (κ3) is 10.6. The smallest absolute Gasteiger partial charge is 0.190 e. The van der Waals surface area contributed by atoms with E-state index in [-0.39, 0.29) is 24.0 Å². The molecule has 1 unspecified atom stereocenters. The molecular weight excluding hydrogens is 433 g/mol. The molecule has 0 aromatic carbocycles. The van der Waals surface area contributed by atoms with E-state index in [0.29, 0.717) is 12.2 Å². The van der Waals surface area contributed by atoms with Gasteiger partial charge in [0.15, 0.2) is 5.96 Å². The van der Waals surface area contributed by atoms with Crippen molar-refractivity contribution in [3.63, 3.8) is 0 Å². The highest BCUT2D eigenvalue weighted by molar-refractivity contribution is 14.0. The molecule has 2 fully saturated rings. The van der Waals surface area contributed by atoms with Crippen LogP contribution in [-0.2, 0) is 14.2 Å². The van der Waals surface area contributed by atoms with Gasteiger partial charge in [-0.2, -0.15) is 0 Å². The van der Waals surface area contributed by atoms with E-state index in [0.717, 1.165) is 64.7 Å². The summed E-state index contributed by atoms with van der Waals surface area (Å²) in [5.74, 6) is 0.856. The van der Waals surface area contributed by atoms with Crippen molar-refractivity contribution >= 4 is 29.9 Å². The SMILES string of the molecule is CN=C(NCCCOCC1CCCO1)NCCCOC1CCCC1.I. The number of rotatable bonds is 11. The number of nitrogens with one attached hydrogen (secondary N) is 2. The van der Waals surface area contributed by atoms with Gasteiger partial charge in [0.2, 0.25) is 0 Å². The Labute approximate surface area is 169 Å². The molecule has 2 N–H and O–H groups in total. The molecular formula is C18H36IN3O3. The number of aliphatic imine (C=N–C) groups is 1. The van der Waals surface area contributed by atoms with Crippen molar-refractivity contribution in [1.82, 2.24) is 10.6 Å². The molecule has 1 saturated carbocycles. The zero-order valence-corrected chi connectivity index (χ0v) is 18.0. The molecule has 0 aromatic heterocycles. The van der Waals surface area contributed by atoms with E-state index in [1.807, 2.05) is 0 Å². The van der Waals surface area contributed by atoms with Crippen molar-refractivity contribution in [2.45, 2.75) is 63.6 Å². The van der Waals surface area contributed by atoms with Gasteiger partial charge in [-0.05, 0) is 38.5 Å². The number of hydrogen-bond acceptors (Lipinski definition) is 4. The highest BCUT2D eigenvalue weighted by atomic mass is 127. The van der Waals surface area contributed by atoms with Crippen LogP contribution < -0.4 is 10.6 Å². The lowest BCUT2D eigenvalue weighted by atomic mass is 10.2. The van der Waals surface area contributed by atoms with Crippen LogP contribution in [-0.4, -0.2) is 64.7 Å². The van der Waals surface area contributed by atoms with E-state index in [1.165, 1.54) is 32.1 Å². The van der Waals surface area contributed by atoms with Crippen LogP contribution in [0.2, 0.25) is 0 Å². The lowest BCUT2D eigenvalue weighted by Crippen LogP contribution is -2.38. The van der Waals surface area contributed by atoms with Crippen molar-refractivity contribution in [2.24, 2.45) is 4.99 Å². The van der Waals surface area contributed by atoms with Crippen LogP contribution >= 0.6 is 24.0 Å². The molecule has 0 spiro atoms. The molecule has 1 aliphatic heterocycles. The Balaban J connectivity index is 0.00000312. The average Bonchev–Trinajstić information content (AvgIpc) is 3.29. The second-order valence-electron chi connectivity index (χ2n) is 6.62. The Bertz CT molecular complexity index is 346. The maximum atomic E-state index is 5.86. The van der Waals surface area contributed by atoms with Crippen LogP contribution in [0, 0.1) is 0 Å². The van der Waals surface area contributed by atoms with E-state index in [1.54, 1.807) is 7.05 Å². The van der Waals surface area contributed by atoms with Crippen molar-refractivity contribution in [3.8, 4) is 0 Å². The van der Waals surface area contributed by atoms with Gasteiger partial charge in [-0.1, -0.05) is 12.8 Å². The predicted octanol–water partition coefficient (Wildman–Crippen LogP) is 2.70. The summed E-state index contributed by atoms with van der Waals surface area (Å²) < 4.78 is 17.0. The number of halogens is 1. The minimum atomic E-state index is 0. The first-order valence-electron chi connectivity index (χ1n) is 9.64. The molecule has 6 nitrogen and oxygen atoms in total. The topological polar surface area (TPSA) is 64.1 Å². The quantitative estimate of drug-likeness (QED) is 0.211. The first-order chi connectivity index (χ1) is 11.9. The van der Waals surface area contributed by atoms with E-state index >= 15 is 0 Å². The highest BCUT2D eigenvalue weighted by Gasteiger charge is 2.15. The molecule has 148 valence electrons. The maximum absolute atomic E-state index is 5.86. The zero-order chi connectivity index (χ0) is 16.9. The summed E-state index contributed by atoms with van der Waals surface area (Å²) in [4.78, 5) is 4.24. The molecule has 7 heteroatoms. The lowest BCUT2D eigenvalue weighted by molar-refractivity contribution is 0.0168. The number of guanidine groups is 1. The Morgan fingerprint density at radius 1 is 1.04 bits per heavy atom. The van der Waals surface area contributed by atoms with Gasteiger partial charge in [0, 0.05) is 40.0 Å². The van der Waals surface area contributed by atoms with Gasteiger partial charge < -0.3 is 24.8 Å². The molecule has 1 atom stereocenters.